The van der Waals surface area contributed by atoms with Crippen LogP contribution in [0.3, 0.4) is 0 Å². The predicted octanol–water partition coefficient (Wildman–Crippen LogP) is 1.71. The van der Waals surface area contributed by atoms with E-state index in [2.05, 4.69) is 10.0 Å². The lowest BCUT2D eigenvalue weighted by Gasteiger charge is -2.52. The lowest BCUT2D eigenvalue weighted by Crippen LogP contribution is -2.67. The molecule has 8 rings (SSSR count). The van der Waals surface area contributed by atoms with Gasteiger partial charge in [-0.15, -0.1) is 0 Å². The van der Waals surface area contributed by atoms with E-state index < -0.39 is 159 Å². The van der Waals surface area contributed by atoms with Crippen LogP contribution in [0.25, 0.3) is 10.4 Å². The van der Waals surface area contributed by atoms with Crippen LogP contribution in [0.2, 0.25) is 0 Å². The fourth-order valence-electron chi connectivity index (χ4n) is 12.1. The molecule has 11 unspecified atom stereocenters. The first-order chi connectivity index (χ1) is 37.1. The van der Waals surface area contributed by atoms with Gasteiger partial charge in [0.25, 0.3) is 0 Å². The maximum atomic E-state index is 9.36. The largest absolute Gasteiger partial charge is 0.382 e. The number of benzene rings is 1. The first-order valence-corrected chi connectivity index (χ1v) is 25.6. The number of rotatable bonds is 25. The molecule has 1 aromatic rings. The standard InChI is InChI=1S/C50H79N3O23/c1-54-19-27-25(18-26-34(58-5)40(60-7)36(28(68-26)20-55-2)75-50-45(65-12)42(62-9)38-31(72-50)22-66-46(73-38)24-16-14-13-15-17-24)33(57-4)43(63-10)48(69-27)76-37-29(21-56-3)71-49(44(64-11)41(37)61-8)74-35-30-23-67-47(70-30)32(52-53-51)39(35)59-6/h13-17,25-50H,18-23H2,1-12H3/t25-,26+,27+,28?,29+,30?,31?,32?,33?,34?,35+,36-,37-,38-,39+,40-,41?,42+,43?,44?,45?,46?,47-,48-,49+,50+/m1/s1. The lowest BCUT2D eigenvalue weighted by molar-refractivity contribution is -0.385. The first-order valence-electron chi connectivity index (χ1n) is 25.6. The number of hydrogen-bond acceptors (Lipinski definition) is 24. The third kappa shape index (κ3) is 12.4. The van der Waals surface area contributed by atoms with Crippen LogP contribution in [0.15, 0.2) is 35.4 Å². The highest BCUT2D eigenvalue weighted by Gasteiger charge is 2.59. The van der Waals surface area contributed by atoms with Crippen molar-refractivity contribution in [3.63, 3.8) is 0 Å². The minimum atomic E-state index is -1.08. The fraction of sp³-hybridized carbons (Fsp3) is 0.880. The second-order valence-corrected chi connectivity index (χ2v) is 19.5. The van der Waals surface area contributed by atoms with Gasteiger partial charge in [-0.05, 0) is 12.0 Å². The summed E-state index contributed by atoms with van der Waals surface area (Å²) in [5.41, 5.74) is 10.2. The van der Waals surface area contributed by atoms with Crippen LogP contribution in [0.4, 0.5) is 0 Å². The molecule has 26 atom stereocenters. The molecule has 7 aliphatic heterocycles. The van der Waals surface area contributed by atoms with Crippen LogP contribution in [0, 0.1) is 5.92 Å². The Morgan fingerprint density at radius 2 is 0.961 bits per heavy atom. The van der Waals surface area contributed by atoms with Gasteiger partial charge in [-0.25, -0.2) is 0 Å². The van der Waals surface area contributed by atoms with Crippen molar-refractivity contribution in [1.82, 2.24) is 0 Å². The van der Waals surface area contributed by atoms with Crippen molar-refractivity contribution in [3.05, 3.63) is 46.3 Å². The second kappa shape index (κ2) is 28.3. The summed E-state index contributed by atoms with van der Waals surface area (Å²) < 4.78 is 145. The SMILES string of the molecule is COCC1O[C@@H](C[C@H]2C(OC)C(OC)[C@@H](O[C@H]3C(OC)C(OC)[C@H](O[C@H]4C5CO[C@H](O5)C(N=[N+]=[N-])[C@@H]4OC)O[C@H]3COC)O[C@H]2COC)C(OC)[C@@H](OC)[C@@H]1O[C@@H]1OC2COC(c3ccccc3)O[C@H]2[C@H](OC)C1OC. The molecule has 7 aliphatic rings. The van der Waals surface area contributed by atoms with Gasteiger partial charge in [-0.2, -0.15) is 0 Å². The highest BCUT2D eigenvalue weighted by atomic mass is 16.8. The Balaban J connectivity index is 0.993. The van der Waals surface area contributed by atoms with Gasteiger partial charge in [-0.3, -0.25) is 0 Å². The smallest absolute Gasteiger partial charge is 0.187 e. The summed E-state index contributed by atoms with van der Waals surface area (Å²) in [6.07, 6.45) is -17.8. The van der Waals surface area contributed by atoms with Crippen molar-refractivity contribution in [3.8, 4) is 0 Å². The Kier molecular flexibility index (Phi) is 22.3. The van der Waals surface area contributed by atoms with Gasteiger partial charge in [-0.1, -0.05) is 35.4 Å². The maximum Gasteiger partial charge on any atom is 0.187 e. The summed E-state index contributed by atoms with van der Waals surface area (Å²) in [6.45, 7) is 0.689. The number of hydrogen-bond donors (Lipinski definition) is 0. The molecule has 7 fully saturated rings. The van der Waals surface area contributed by atoms with E-state index in [1.165, 1.54) is 21.3 Å². The topological polar surface area (TPSA) is 261 Å². The molecule has 0 N–H and O–H groups in total. The van der Waals surface area contributed by atoms with E-state index in [1.54, 1.807) is 64.0 Å². The molecule has 7 heterocycles. The maximum absolute atomic E-state index is 9.36. The molecule has 0 spiro atoms. The average molecular weight is 1090 g/mol. The Morgan fingerprint density at radius 1 is 0.461 bits per heavy atom. The monoisotopic (exact) mass is 1090 g/mol. The summed E-state index contributed by atoms with van der Waals surface area (Å²) in [6, 6.07) is 8.86. The Morgan fingerprint density at radius 3 is 1.54 bits per heavy atom. The summed E-state index contributed by atoms with van der Waals surface area (Å²) in [5, 5.41) is 3.91. The third-order valence-corrected chi connectivity index (χ3v) is 15.5. The minimum Gasteiger partial charge on any atom is -0.382 e. The molecule has 76 heavy (non-hydrogen) atoms. The molecule has 0 aromatic heterocycles. The molecular weight excluding hydrogens is 1010 g/mol. The molecule has 7 saturated heterocycles. The molecule has 0 radical (unpaired) electrons. The van der Waals surface area contributed by atoms with E-state index in [9.17, 15) is 5.53 Å². The molecule has 0 saturated carbocycles. The molecule has 2 bridgehead atoms. The molecule has 0 aliphatic carbocycles. The zero-order valence-electron chi connectivity index (χ0n) is 45.4. The van der Waals surface area contributed by atoms with Crippen LogP contribution >= 0.6 is 0 Å². The fourth-order valence-corrected chi connectivity index (χ4v) is 12.1. The molecule has 0 amide bonds. The zero-order chi connectivity index (χ0) is 54.0. The summed E-state index contributed by atoms with van der Waals surface area (Å²) in [4.78, 5) is 3.00. The van der Waals surface area contributed by atoms with Gasteiger partial charge in [0.1, 0.15) is 97.6 Å². The molecule has 1 aromatic carbocycles. The molecular formula is C50H79N3O23. The highest BCUT2D eigenvalue weighted by Crippen LogP contribution is 2.43. The van der Waals surface area contributed by atoms with Crippen LogP contribution in [-0.2, 0) is 109 Å². The van der Waals surface area contributed by atoms with Gasteiger partial charge in [0.15, 0.2) is 31.5 Å². The number of ether oxygens (including phenoxy) is 23. The van der Waals surface area contributed by atoms with Crippen LogP contribution in [0.5, 0.6) is 0 Å². The summed E-state index contributed by atoms with van der Waals surface area (Å²) >= 11 is 0. The van der Waals surface area contributed by atoms with E-state index in [1.807, 2.05) is 30.3 Å². The molecule has 432 valence electrons. The Labute approximate surface area is 443 Å². The molecule has 26 nitrogen and oxygen atoms in total. The third-order valence-electron chi connectivity index (χ3n) is 15.5. The van der Waals surface area contributed by atoms with Crippen LogP contribution < -0.4 is 0 Å². The highest BCUT2D eigenvalue weighted by molar-refractivity contribution is 5.17. The number of azide groups is 1. The van der Waals surface area contributed by atoms with Gasteiger partial charge >= 0.3 is 0 Å². The van der Waals surface area contributed by atoms with Crippen molar-refractivity contribution in [1.29, 1.82) is 0 Å². The van der Waals surface area contributed by atoms with Gasteiger partial charge in [0.2, 0.25) is 0 Å². The van der Waals surface area contributed by atoms with Crippen molar-refractivity contribution < 1.29 is 109 Å². The number of fused-ring (bicyclic) bond motifs is 3. The van der Waals surface area contributed by atoms with Crippen molar-refractivity contribution in [2.24, 2.45) is 11.0 Å². The number of methoxy groups -OCH3 is 12. The van der Waals surface area contributed by atoms with E-state index in [4.69, 9.17) is 109 Å². The van der Waals surface area contributed by atoms with Crippen molar-refractivity contribution >= 4 is 0 Å². The predicted molar refractivity (Wildman–Crippen MR) is 258 cm³/mol. The van der Waals surface area contributed by atoms with E-state index in [-0.39, 0.29) is 33.0 Å². The summed E-state index contributed by atoms with van der Waals surface area (Å²) in [5.74, 6) is -0.444. The lowest BCUT2D eigenvalue weighted by atomic mass is 9.81. The quantitative estimate of drug-likeness (QED) is 0.0767. The summed E-state index contributed by atoms with van der Waals surface area (Å²) in [7, 11) is 18.8. The van der Waals surface area contributed by atoms with E-state index >= 15 is 0 Å². The van der Waals surface area contributed by atoms with E-state index in [0.717, 1.165) is 5.56 Å². The zero-order valence-corrected chi connectivity index (χ0v) is 45.4. The molecule has 26 heteroatoms. The van der Waals surface area contributed by atoms with Crippen molar-refractivity contribution in [2.75, 3.05) is 118 Å². The number of nitrogens with zero attached hydrogens (tertiary/aromatic N) is 3. The normalized spacial score (nSPS) is 44.5. The minimum absolute atomic E-state index is 0.0460. The first kappa shape index (κ1) is 59.7. The Hall–Kier alpha value is -2.39. The average Bonchev–Trinajstić information content (AvgIpc) is 3.89. The van der Waals surface area contributed by atoms with Crippen molar-refractivity contribution in [2.45, 2.75) is 160 Å². The van der Waals surface area contributed by atoms with Gasteiger partial charge in [0.05, 0.1) is 57.5 Å². The van der Waals surface area contributed by atoms with E-state index in [0.29, 0.717) is 6.42 Å². The Bertz CT molecular complexity index is 1930. The van der Waals surface area contributed by atoms with Crippen LogP contribution in [0.1, 0.15) is 18.3 Å². The second-order valence-electron chi connectivity index (χ2n) is 19.5. The van der Waals surface area contributed by atoms with Crippen LogP contribution in [-0.4, -0.2) is 266 Å². The van der Waals surface area contributed by atoms with Gasteiger partial charge in [0, 0.05) is 102 Å². The van der Waals surface area contributed by atoms with Gasteiger partial charge < -0.3 is 109 Å².